The lowest BCUT2D eigenvalue weighted by Crippen LogP contribution is -2.13. The van der Waals surface area contributed by atoms with E-state index >= 15 is 0 Å². The number of methoxy groups -OCH3 is 1. The molecule has 0 aliphatic carbocycles. The van der Waals surface area contributed by atoms with Crippen LogP contribution in [-0.4, -0.2) is 18.0 Å². The maximum Gasteiger partial charge on any atom is 0.258 e. The lowest BCUT2D eigenvalue weighted by molar-refractivity contribution is 0.102. The Balaban J connectivity index is 1.89. The normalized spacial score (nSPS) is 10.5. The van der Waals surface area contributed by atoms with Crippen LogP contribution >= 0.6 is 11.6 Å². The third kappa shape index (κ3) is 2.73. The standard InChI is InChI=1S/C17H13ClN2O2/c1-22-12-8-6-11(7-9-12)20-17(21)14-10-19-15-5-3-2-4-13(15)16(14)18/h2-10H,1H3,(H,20,21). The third-order valence-electron chi connectivity index (χ3n) is 3.30. The molecular formula is C17H13ClN2O2. The molecule has 0 saturated carbocycles. The summed E-state index contributed by atoms with van der Waals surface area (Å²) in [5, 5.41) is 3.95. The molecule has 0 bridgehead atoms. The second-order valence-electron chi connectivity index (χ2n) is 4.69. The Bertz CT molecular complexity index is 832. The molecule has 1 N–H and O–H groups in total. The maximum absolute atomic E-state index is 12.4. The smallest absolute Gasteiger partial charge is 0.258 e. The van der Waals surface area contributed by atoms with Gasteiger partial charge in [0, 0.05) is 17.3 Å². The van der Waals surface area contributed by atoms with E-state index in [9.17, 15) is 4.79 Å². The fourth-order valence-corrected chi connectivity index (χ4v) is 2.43. The van der Waals surface area contributed by atoms with Crippen LogP contribution in [-0.2, 0) is 0 Å². The van der Waals surface area contributed by atoms with Crippen LogP contribution in [0.25, 0.3) is 10.9 Å². The number of halogens is 1. The van der Waals surface area contributed by atoms with Crippen molar-refractivity contribution in [3.8, 4) is 5.75 Å². The van der Waals surface area contributed by atoms with Gasteiger partial charge < -0.3 is 10.1 Å². The van der Waals surface area contributed by atoms with E-state index in [0.29, 0.717) is 16.3 Å². The zero-order valence-corrected chi connectivity index (χ0v) is 12.6. The average molecular weight is 313 g/mol. The van der Waals surface area contributed by atoms with Gasteiger partial charge >= 0.3 is 0 Å². The Morgan fingerprint density at radius 3 is 2.59 bits per heavy atom. The van der Waals surface area contributed by atoms with Crippen molar-refractivity contribution in [2.45, 2.75) is 0 Å². The minimum atomic E-state index is -0.298. The van der Waals surface area contributed by atoms with Gasteiger partial charge in [-0.15, -0.1) is 0 Å². The van der Waals surface area contributed by atoms with E-state index < -0.39 is 0 Å². The molecule has 3 rings (SSSR count). The number of fused-ring (bicyclic) bond motifs is 1. The SMILES string of the molecule is COc1ccc(NC(=O)c2cnc3ccccc3c2Cl)cc1. The molecule has 0 aliphatic heterocycles. The van der Waals surface area contributed by atoms with E-state index in [1.807, 2.05) is 24.3 Å². The molecule has 0 radical (unpaired) electrons. The minimum Gasteiger partial charge on any atom is -0.497 e. The molecule has 0 unspecified atom stereocenters. The quantitative estimate of drug-likeness (QED) is 0.790. The van der Waals surface area contributed by atoms with Gasteiger partial charge in [0.15, 0.2) is 0 Å². The monoisotopic (exact) mass is 312 g/mol. The molecule has 0 atom stereocenters. The summed E-state index contributed by atoms with van der Waals surface area (Å²) in [7, 11) is 1.59. The minimum absolute atomic E-state index is 0.298. The van der Waals surface area contributed by atoms with Crippen LogP contribution in [0.1, 0.15) is 10.4 Å². The van der Waals surface area contributed by atoms with Crippen LogP contribution in [0.3, 0.4) is 0 Å². The average Bonchev–Trinajstić information content (AvgIpc) is 2.56. The van der Waals surface area contributed by atoms with Crippen LogP contribution < -0.4 is 10.1 Å². The Morgan fingerprint density at radius 1 is 1.14 bits per heavy atom. The molecule has 1 amide bonds. The van der Waals surface area contributed by atoms with Crippen LogP contribution in [0.4, 0.5) is 5.69 Å². The summed E-state index contributed by atoms with van der Waals surface area (Å²) < 4.78 is 5.08. The van der Waals surface area contributed by atoms with Crippen molar-refractivity contribution in [1.82, 2.24) is 4.98 Å². The fourth-order valence-electron chi connectivity index (χ4n) is 2.14. The van der Waals surface area contributed by atoms with Gasteiger partial charge in [-0.2, -0.15) is 0 Å². The van der Waals surface area contributed by atoms with Crippen molar-refractivity contribution in [2.24, 2.45) is 0 Å². The molecule has 4 nitrogen and oxygen atoms in total. The van der Waals surface area contributed by atoms with Gasteiger partial charge in [-0.05, 0) is 30.3 Å². The summed E-state index contributed by atoms with van der Waals surface area (Å²) in [5.74, 6) is 0.428. The number of pyridine rings is 1. The molecule has 0 saturated heterocycles. The number of nitrogens with one attached hydrogen (secondary N) is 1. The number of ether oxygens (including phenoxy) is 1. The van der Waals surface area contributed by atoms with Crippen LogP contribution in [0.5, 0.6) is 5.75 Å². The molecule has 110 valence electrons. The van der Waals surface area contributed by atoms with Gasteiger partial charge in [0.1, 0.15) is 5.75 Å². The molecule has 22 heavy (non-hydrogen) atoms. The molecule has 5 heteroatoms. The summed E-state index contributed by atoms with van der Waals surface area (Å²) in [6.45, 7) is 0. The van der Waals surface area contributed by atoms with Crippen molar-refractivity contribution < 1.29 is 9.53 Å². The Hall–Kier alpha value is -2.59. The molecular weight excluding hydrogens is 300 g/mol. The number of benzene rings is 2. The first-order valence-corrected chi connectivity index (χ1v) is 7.05. The Kier molecular flexibility index (Phi) is 3.94. The van der Waals surface area contributed by atoms with Crippen molar-refractivity contribution in [2.75, 3.05) is 12.4 Å². The van der Waals surface area contributed by atoms with Crippen LogP contribution in [0.15, 0.2) is 54.7 Å². The van der Waals surface area contributed by atoms with Gasteiger partial charge in [-0.3, -0.25) is 9.78 Å². The van der Waals surface area contributed by atoms with Crippen molar-refractivity contribution in [1.29, 1.82) is 0 Å². The van der Waals surface area contributed by atoms with Crippen LogP contribution in [0, 0.1) is 0 Å². The second-order valence-corrected chi connectivity index (χ2v) is 5.06. The topological polar surface area (TPSA) is 51.2 Å². The van der Waals surface area contributed by atoms with E-state index in [1.165, 1.54) is 6.20 Å². The van der Waals surface area contributed by atoms with E-state index in [2.05, 4.69) is 10.3 Å². The summed E-state index contributed by atoms with van der Waals surface area (Å²) >= 11 is 6.33. The number of anilines is 1. The lowest BCUT2D eigenvalue weighted by atomic mass is 10.1. The first-order valence-electron chi connectivity index (χ1n) is 6.67. The first kappa shape index (κ1) is 14.4. The molecule has 0 fully saturated rings. The van der Waals surface area contributed by atoms with Crippen molar-refractivity contribution in [3.05, 3.63) is 65.3 Å². The zero-order chi connectivity index (χ0) is 15.5. The molecule has 1 heterocycles. The van der Waals surface area contributed by atoms with Gasteiger partial charge in [0.05, 0.1) is 23.2 Å². The largest absolute Gasteiger partial charge is 0.497 e. The highest BCUT2D eigenvalue weighted by Gasteiger charge is 2.14. The number of carbonyl (C=O) groups is 1. The summed E-state index contributed by atoms with van der Waals surface area (Å²) in [4.78, 5) is 16.6. The predicted molar refractivity (Wildman–Crippen MR) is 87.7 cm³/mol. The molecule has 2 aromatic carbocycles. The fraction of sp³-hybridized carbons (Fsp3) is 0.0588. The lowest BCUT2D eigenvalue weighted by Gasteiger charge is -2.09. The highest BCUT2D eigenvalue weighted by molar-refractivity contribution is 6.38. The highest BCUT2D eigenvalue weighted by Crippen LogP contribution is 2.26. The number of carbonyl (C=O) groups excluding carboxylic acids is 1. The van der Waals surface area contributed by atoms with Gasteiger partial charge in [-0.1, -0.05) is 29.8 Å². The highest BCUT2D eigenvalue weighted by atomic mass is 35.5. The van der Waals surface area contributed by atoms with Crippen LogP contribution in [0.2, 0.25) is 5.02 Å². The van der Waals surface area contributed by atoms with Gasteiger partial charge in [0.25, 0.3) is 5.91 Å². The number of rotatable bonds is 3. The number of amides is 1. The molecule has 1 aromatic heterocycles. The third-order valence-corrected chi connectivity index (χ3v) is 3.71. The molecule has 0 aliphatic rings. The van der Waals surface area contributed by atoms with E-state index in [0.717, 1.165) is 16.7 Å². The summed E-state index contributed by atoms with van der Waals surface area (Å²) in [5.41, 5.74) is 1.76. The molecule has 0 spiro atoms. The molecule has 3 aromatic rings. The number of nitrogens with zero attached hydrogens (tertiary/aromatic N) is 1. The number of hydrogen-bond acceptors (Lipinski definition) is 3. The second kappa shape index (κ2) is 6.03. The van der Waals surface area contributed by atoms with E-state index in [4.69, 9.17) is 16.3 Å². The summed E-state index contributed by atoms with van der Waals surface area (Å²) in [6, 6.07) is 14.5. The Morgan fingerprint density at radius 2 is 1.86 bits per heavy atom. The number of aromatic nitrogens is 1. The van der Waals surface area contributed by atoms with E-state index in [-0.39, 0.29) is 5.91 Å². The van der Waals surface area contributed by atoms with Crippen molar-refractivity contribution in [3.63, 3.8) is 0 Å². The summed E-state index contributed by atoms with van der Waals surface area (Å²) in [6.07, 6.45) is 1.49. The zero-order valence-electron chi connectivity index (χ0n) is 11.8. The number of hydrogen-bond donors (Lipinski definition) is 1. The Labute approximate surface area is 132 Å². The van der Waals surface area contributed by atoms with E-state index in [1.54, 1.807) is 31.4 Å². The van der Waals surface area contributed by atoms with Gasteiger partial charge in [0.2, 0.25) is 0 Å². The van der Waals surface area contributed by atoms with Gasteiger partial charge in [-0.25, -0.2) is 0 Å². The van der Waals surface area contributed by atoms with Crippen molar-refractivity contribution >= 4 is 34.1 Å². The first-order chi connectivity index (χ1) is 10.7. The predicted octanol–water partition coefficient (Wildman–Crippen LogP) is 4.15. The maximum atomic E-state index is 12.4. The number of para-hydroxylation sites is 1.